The predicted octanol–water partition coefficient (Wildman–Crippen LogP) is 2.26. The van der Waals surface area contributed by atoms with E-state index in [1.165, 1.54) is 0 Å². The third-order valence-electron chi connectivity index (χ3n) is 5.23. The van der Waals surface area contributed by atoms with E-state index in [0.29, 0.717) is 24.1 Å². The highest BCUT2D eigenvalue weighted by Gasteiger charge is 2.39. The molecule has 3 amide bonds. The van der Waals surface area contributed by atoms with Gasteiger partial charge in [-0.2, -0.15) is 0 Å². The average molecular weight is 361 g/mol. The standard InChI is InChI=1S/C20H15N3O4/c24-18-7-6-16(19(25)22-18)23-10-12-8-11(4-5-14(12)20(23)26)13-2-1-3-17-15(13)9-21-27-17/h1-5,8-9,16H,6-7,10H2,(H,22,24,25). The molecule has 0 spiro atoms. The molecule has 27 heavy (non-hydrogen) atoms. The van der Waals surface area contributed by atoms with Crippen molar-refractivity contribution in [3.63, 3.8) is 0 Å². The summed E-state index contributed by atoms with van der Waals surface area (Å²) in [5.74, 6) is -0.861. The lowest BCUT2D eigenvalue weighted by atomic mass is 9.98. The molecule has 2 aliphatic rings. The van der Waals surface area contributed by atoms with E-state index in [9.17, 15) is 14.4 Å². The fourth-order valence-electron chi connectivity index (χ4n) is 3.89. The van der Waals surface area contributed by atoms with E-state index >= 15 is 0 Å². The number of benzene rings is 2. The minimum Gasteiger partial charge on any atom is -0.356 e. The molecule has 1 saturated heterocycles. The lowest BCUT2D eigenvalue weighted by Gasteiger charge is -2.29. The fourth-order valence-corrected chi connectivity index (χ4v) is 3.89. The van der Waals surface area contributed by atoms with Crippen LogP contribution in [-0.4, -0.2) is 33.8 Å². The largest absolute Gasteiger partial charge is 0.356 e. The Morgan fingerprint density at radius 3 is 2.85 bits per heavy atom. The maximum Gasteiger partial charge on any atom is 0.255 e. The van der Waals surface area contributed by atoms with E-state index < -0.39 is 11.9 Å². The highest BCUT2D eigenvalue weighted by atomic mass is 16.5. The molecule has 7 nitrogen and oxygen atoms in total. The monoisotopic (exact) mass is 361 g/mol. The second-order valence-corrected chi connectivity index (χ2v) is 6.82. The minimum absolute atomic E-state index is 0.172. The number of aromatic nitrogens is 1. The maximum atomic E-state index is 12.8. The Kier molecular flexibility index (Phi) is 3.36. The summed E-state index contributed by atoms with van der Waals surface area (Å²) in [6, 6.07) is 10.8. The number of piperidine rings is 1. The third-order valence-corrected chi connectivity index (χ3v) is 5.23. The molecule has 0 radical (unpaired) electrons. The number of amides is 3. The zero-order valence-electron chi connectivity index (χ0n) is 14.3. The molecule has 134 valence electrons. The van der Waals surface area contributed by atoms with Crippen molar-refractivity contribution in [1.29, 1.82) is 0 Å². The van der Waals surface area contributed by atoms with Gasteiger partial charge in [-0.05, 0) is 41.3 Å². The van der Waals surface area contributed by atoms with Gasteiger partial charge in [-0.1, -0.05) is 23.4 Å². The molecular formula is C20H15N3O4. The molecule has 5 rings (SSSR count). The van der Waals surface area contributed by atoms with Crippen molar-refractivity contribution in [2.24, 2.45) is 0 Å². The topological polar surface area (TPSA) is 92.5 Å². The summed E-state index contributed by atoms with van der Waals surface area (Å²) >= 11 is 0. The van der Waals surface area contributed by atoms with Crippen LogP contribution in [0.3, 0.4) is 0 Å². The Morgan fingerprint density at radius 2 is 2.00 bits per heavy atom. The first-order chi connectivity index (χ1) is 13.1. The summed E-state index contributed by atoms with van der Waals surface area (Å²) in [6.07, 6.45) is 2.28. The number of nitrogens with one attached hydrogen (secondary N) is 1. The van der Waals surface area contributed by atoms with Gasteiger partial charge in [0.15, 0.2) is 5.58 Å². The van der Waals surface area contributed by atoms with Crippen LogP contribution in [-0.2, 0) is 16.1 Å². The average Bonchev–Trinajstić information content (AvgIpc) is 3.26. The highest BCUT2D eigenvalue weighted by Crippen LogP contribution is 2.33. The van der Waals surface area contributed by atoms with Gasteiger partial charge >= 0.3 is 0 Å². The van der Waals surface area contributed by atoms with Gasteiger partial charge in [0.2, 0.25) is 11.8 Å². The Labute approximate surface area is 153 Å². The van der Waals surface area contributed by atoms with Crippen LogP contribution >= 0.6 is 0 Å². The molecule has 3 heterocycles. The number of fused-ring (bicyclic) bond motifs is 2. The number of carbonyl (C=O) groups excluding carboxylic acids is 3. The first-order valence-corrected chi connectivity index (χ1v) is 8.73. The second-order valence-electron chi connectivity index (χ2n) is 6.82. The van der Waals surface area contributed by atoms with Gasteiger partial charge in [0.1, 0.15) is 6.04 Å². The molecule has 2 aliphatic heterocycles. The van der Waals surface area contributed by atoms with Crippen molar-refractivity contribution < 1.29 is 18.9 Å². The molecule has 0 bridgehead atoms. The van der Waals surface area contributed by atoms with Gasteiger partial charge < -0.3 is 9.42 Å². The number of carbonyl (C=O) groups is 3. The molecule has 0 aliphatic carbocycles. The van der Waals surface area contributed by atoms with Crippen LogP contribution in [0.2, 0.25) is 0 Å². The molecule has 0 saturated carbocycles. The maximum absolute atomic E-state index is 12.8. The molecule has 3 aromatic rings. The first-order valence-electron chi connectivity index (χ1n) is 8.73. The molecule has 1 aromatic heterocycles. The number of hydrogen-bond donors (Lipinski definition) is 1. The van der Waals surface area contributed by atoms with Crippen LogP contribution in [0.15, 0.2) is 47.1 Å². The Morgan fingerprint density at radius 1 is 1.11 bits per heavy atom. The molecule has 7 heteroatoms. The summed E-state index contributed by atoms with van der Waals surface area (Å²) in [6.45, 7) is 0.355. The summed E-state index contributed by atoms with van der Waals surface area (Å²) in [5, 5.41) is 7.08. The quantitative estimate of drug-likeness (QED) is 0.707. The van der Waals surface area contributed by atoms with E-state index in [-0.39, 0.29) is 18.2 Å². The van der Waals surface area contributed by atoms with Crippen LogP contribution in [0.5, 0.6) is 0 Å². The van der Waals surface area contributed by atoms with Gasteiger partial charge in [0, 0.05) is 23.9 Å². The molecule has 1 fully saturated rings. The summed E-state index contributed by atoms with van der Waals surface area (Å²) in [5.41, 5.74) is 4.11. The van der Waals surface area contributed by atoms with Crippen molar-refractivity contribution >= 4 is 28.7 Å². The van der Waals surface area contributed by atoms with E-state index in [0.717, 1.165) is 22.1 Å². The van der Waals surface area contributed by atoms with Gasteiger partial charge in [0.25, 0.3) is 5.91 Å². The fraction of sp³-hybridized carbons (Fsp3) is 0.200. The van der Waals surface area contributed by atoms with Crippen LogP contribution in [0.4, 0.5) is 0 Å². The molecule has 1 atom stereocenters. The molecule has 1 N–H and O–H groups in total. The first kappa shape index (κ1) is 15.7. The number of nitrogens with zero attached hydrogens (tertiary/aromatic N) is 2. The van der Waals surface area contributed by atoms with Crippen molar-refractivity contribution in [3.05, 3.63) is 53.7 Å². The summed E-state index contributed by atoms with van der Waals surface area (Å²) < 4.78 is 5.22. The van der Waals surface area contributed by atoms with E-state index in [1.807, 2.05) is 30.3 Å². The van der Waals surface area contributed by atoms with Crippen molar-refractivity contribution in [1.82, 2.24) is 15.4 Å². The Bertz CT molecular complexity index is 1120. The predicted molar refractivity (Wildman–Crippen MR) is 95.5 cm³/mol. The highest BCUT2D eigenvalue weighted by molar-refractivity contribution is 6.06. The van der Waals surface area contributed by atoms with Gasteiger partial charge in [-0.3, -0.25) is 19.7 Å². The number of rotatable bonds is 2. The van der Waals surface area contributed by atoms with Crippen molar-refractivity contribution in [2.75, 3.05) is 0 Å². The van der Waals surface area contributed by atoms with Crippen LogP contribution in [0, 0.1) is 0 Å². The zero-order valence-corrected chi connectivity index (χ0v) is 14.3. The molecule has 1 unspecified atom stereocenters. The summed E-state index contributed by atoms with van der Waals surface area (Å²) in [7, 11) is 0. The van der Waals surface area contributed by atoms with E-state index in [1.54, 1.807) is 17.2 Å². The number of hydrogen-bond acceptors (Lipinski definition) is 5. The smallest absolute Gasteiger partial charge is 0.255 e. The normalized spacial score (nSPS) is 19.5. The number of imide groups is 1. The van der Waals surface area contributed by atoms with Crippen LogP contribution in [0.25, 0.3) is 22.1 Å². The van der Waals surface area contributed by atoms with Gasteiger partial charge in [-0.15, -0.1) is 0 Å². The van der Waals surface area contributed by atoms with Crippen molar-refractivity contribution in [2.45, 2.75) is 25.4 Å². The Balaban J connectivity index is 1.50. The van der Waals surface area contributed by atoms with Crippen molar-refractivity contribution in [3.8, 4) is 11.1 Å². The minimum atomic E-state index is -0.604. The molecular weight excluding hydrogens is 346 g/mol. The van der Waals surface area contributed by atoms with Crippen LogP contribution < -0.4 is 5.32 Å². The zero-order chi connectivity index (χ0) is 18.5. The van der Waals surface area contributed by atoms with Gasteiger partial charge in [0.05, 0.1) is 6.20 Å². The van der Waals surface area contributed by atoms with E-state index in [4.69, 9.17) is 4.52 Å². The Hall–Kier alpha value is -3.48. The lowest BCUT2D eigenvalue weighted by Crippen LogP contribution is -2.52. The summed E-state index contributed by atoms with van der Waals surface area (Å²) in [4.78, 5) is 37.9. The lowest BCUT2D eigenvalue weighted by molar-refractivity contribution is -0.136. The van der Waals surface area contributed by atoms with Crippen LogP contribution in [0.1, 0.15) is 28.8 Å². The molecule has 2 aromatic carbocycles. The van der Waals surface area contributed by atoms with E-state index in [2.05, 4.69) is 10.5 Å². The SMILES string of the molecule is O=C1CCC(N2Cc3cc(-c4cccc5oncc45)ccc3C2=O)C(=O)N1. The van der Waals surface area contributed by atoms with Gasteiger partial charge in [-0.25, -0.2) is 0 Å². The third kappa shape index (κ3) is 2.43. The second kappa shape index (κ2) is 5.77.